The standard InChI is InChI=1S/C46H34N2O10S4/c1-57-32-21-25-36(26-22-32)61(53,54)47-39-19-11-9-13-31(39)29-41(47)45-44-38-18-10-12-20-40(38)48(62(55,56)37-27-23-33(58-2)24-28-37)42(44)30-43(59(49,50)34-14-5-3-6-15-34)46(45)60(51,52)35-16-7-4-8-17-35/h3-30H,1-2H3. The Balaban J connectivity index is 1.56. The first-order chi connectivity index (χ1) is 29.7. The summed E-state index contributed by atoms with van der Waals surface area (Å²) in [6, 6.07) is 40.9. The third-order valence-corrected chi connectivity index (χ3v) is 17.9. The first-order valence-electron chi connectivity index (χ1n) is 18.8. The number of rotatable bonds is 11. The smallest absolute Gasteiger partial charge is 0.268 e. The van der Waals surface area contributed by atoms with E-state index in [0.717, 1.165) is 14.0 Å². The molecule has 0 aliphatic carbocycles. The van der Waals surface area contributed by atoms with Crippen LogP contribution < -0.4 is 9.47 Å². The van der Waals surface area contributed by atoms with Crippen LogP contribution in [0.4, 0.5) is 0 Å². The van der Waals surface area contributed by atoms with Gasteiger partial charge in [-0.1, -0.05) is 72.8 Å². The number of hydrogen-bond donors (Lipinski definition) is 0. The van der Waals surface area contributed by atoms with Crippen molar-refractivity contribution in [2.75, 3.05) is 14.2 Å². The van der Waals surface area contributed by atoms with E-state index in [1.165, 1.54) is 123 Å². The second kappa shape index (κ2) is 15.0. The van der Waals surface area contributed by atoms with Crippen molar-refractivity contribution in [2.24, 2.45) is 0 Å². The minimum atomic E-state index is -4.94. The summed E-state index contributed by atoms with van der Waals surface area (Å²) in [5.41, 5.74) is -0.611. The highest BCUT2D eigenvalue weighted by Gasteiger charge is 2.39. The van der Waals surface area contributed by atoms with Gasteiger partial charge >= 0.3 is 0 Å². The van der Waals surface area contributed by atoms with Gasteiger partial charge in [-0.05, 0) is 97.1 Å². The van der Waals surface area contributed by atoms with Crippen LogP contribution >= 0.6 is 0 Å². The average Bonchev–Trinajstić information content (AvgIpc) is 3.86. The van der Waals surface area contributed by atoms with Crippen LogP contribution in [0.3, 0.4) is 0 Å². The van der Waals surface area contributed by atoms with Gasteiger partial charge in [-0.25, -0.2) is 41.6 Å². The molecule has 0 fully saturated rings. The van der Waals surface area contributed by atoms with Gasteiger partial charge in [0.15, 0.2) is 0 Å². The molecule has 312 valence electrons. The van der Waals surface area contributed by atoms with Gasteiger partial charge in [0.2, 0.25) is 19.7 Å². The van der Waals surface area contributed by atoms with Crippen molar-refractivity contribution >= 4 is 72.4 Å². The number of nitrogens with zero attached hydrogens (tertiary/aromatic N) is 2. The quantitative estimate of drug-likeness (QED) is 0.123. The van der Waals surface area contributed by atoms with E-state index in [9.17, 15) is 0 Å². The number of sulfone groups is 2. The zero-order valence-corrected chi connectivity index (χ0v) is 36.0. The Morgan fingerprint density at radius 3 is 1.44 bits per heavy atom. The minimum absolute atomic E-state index is 0.0341. The molecule has 0 radical (unpaired) electrons. The lowest BCUT2D eigenvalue weighted by atomic mass is 10.0. The lowest BCUT2D eigenvalue weighted by Gasteiger charge is -2.20. The molecule has 7 aromatic carbocycles. The summed E-state index contributed by atoms with van der Waals surface area (Å²) in [6.07, 6.45) is 0. The molecule has 9 aromatic rings. The fraction of sp³-hybridized carbons (Fsp3) is 0.0435. The fourth-order valence-corrected chi connectivity index (χ4v) is 14.4. The van der Waals surface area contributed by atoms with Crippen LogP contribution in [0.15, 0.2) is 199 Å². The molecule has 0 bridgehead atoms. The first-order valence-corrected chi connectivity index (χ1v) is 24.7. The molecule has 2 aromatic heterocycles. The Morgan fingerprint density at radius 2 is 0.887 bits per heavy atom. The van der Waals surface area contributed by atoms with Crippen LogP contribution in [0, 0.1) is 0 Å². The first kappa shape index (κ1) is 40.7. The molecular weight excluding hydrogens is 869 g/mol. The maximum absolute atomic E-state index is 15.5. The van der Waals surface area contributed by atoms with E-state index in [-0.39, 0.29) is 58.2 Å². The van der Waals surface area contributed by atoms with E-state index in [1.807, 2.05) is 0 Å². The summed E-state index contributed by atoms with van der Waals surface area (Å²) < 4.78 is 135. The fourth-order valence-electron chi connectivity index (χ4n) is 7.73. The van der Waals surface area contributed by atoms with Crippen LogP contribution in [0.5, 0.6) is 11.5 Å². The number of ether oxygens (including phenoxy) is 2. The highest BCUT2D eigenvalue weighted by atomic mass is 32.2. The second-order valence-corrected chi connectivity index (χ2v) is 21.5. The lowest BCUT2D eigenvalue weighted by molar-refractivity contribution is 0.414. The van der Waals surface area contributed by atoms with Crippen molar-refractivity contribution in [2.45, 2.75) is 29.4 Å². The normalized spacial score (nSPS) is 12.5. The van der Waals surface area contributed by atoms with Crippen molar-refractivity contribution in [3.05, 3.63) is 170 Å². The molecule has 12 nitrogen and oxygen atoms in total. The summed E-state index contributed by atoms with van der Waals surface area (Å²) >= 11 is 0. The summed E-state index contributed by atoms with van der Waals surface area (Å²) in [4.78, 5) is -2.49. The second-order valence-electron chi connectivity index (χ2n) is 14.1. The Labute approximate surface area is 357 Å². The number of methoxy groups -OCH3 is 2. The predicted molar refractivity (Wildman–Crippen MR) is 235 cm³/mol. The molecule has 0 N–H and O–H groups in total. The van der Waals surface area contributed by atoms with E-state index >= 15 is 33.7 Å². The molecule has 0 saturated carbocycles. The Morgan fingerprint density at radius 1 is 0.419 bits per heavy atom. The molecule has 0 amide bonds. The SMILES string of the molecule is COc1ccc(S(=O)(=O)n2c(-c3c(S(=O)(=O)c4ccccc4)c(S(=O)(=O)c4ccccc4)cc4c3c3ccccc3n4S(=O)(=O)c3ccc(OC)cc3)cc3ccccc32)cc1. The minimum Gasteiger partial charge on any atom is -0.497 e. The highest BCUT2D eigenvalue weighted by Crippen LogP contribution is 2.49. The van der Waals surface area contributed by atoms with E-state index in [0.29, 0.717) is 16.9 Å². The maximum Gasteiger partial charge on any atom is 0.268 e. The van der Waals surface area contributed by atoms with Crippen LogP contribution in [-0.2, 0) is 39.7 Å². The molecule has 0 saturated heterocycles. The van der Waals surface area contributed by atoms with Crippen LogP contribution in [0.1, 0.15) is 0 Å². The van der Waals surface area contributed by atoms with E-state index in [2.05, 4.69) is 0 Å². The number of fused-ring (bicyclic) bond motifs is 4. The molecule has 0 spiro atoms. The lowest BCUT2D eigenvalue weighted by Crippen LogP contribution is -2.18. The van der Waals surface area contributed by atoms with Gasteiger partial charge in [-0.3, -0.25) is 0 Å². The molecule has 9 rings (SSSR count). The van der Waals surface area contributed by atoms with Gasteiger partial charge in [0.25, 0.3) is 20.0 Å². The summed E-state index contributed by atoms with van der Waals surface area (Å²) in [6.45, 7) is 0. The average molecular weight is 903 g/mol. The molecule has 16 heteroatoms. The van der Waals surface area contributed by atoms with Crippen molar-refractivity contribution in [3.63, 3.8) is 0 Å². The zero-order chi connectivity index (χ0) is 43.6. The third-order valence-electron chi connectivity index (χ3n) is 10.6. The van der Waals surface area contributed by atoms with Gasteiger partial charge in [0.1, 0.15) is 16.4 Å². The van der Waals surface area contributed by atoms with Crippen LogP contribution in [0.25, 0.3) is 44.0 Å². The van der Waals surface area contributed by atoms with E-state index in [1.54, 1.807) is 54.6 Å². The third kappa shape index (κ3) is 6.36. The molecular formula is C46H34N2O10S4. The van der Waals surface area contributed by atoms with Crippen molar-refractivity contribution in [1.82, 2.24) is 7.94 Å². The zero-order valence-electron chi connectivity index (χ0n) is 32.8. The topological polar surface area (TPSA) is 165 Å². The Kier molecular flexibility index (Phi) is 9.85. The molecule has 0 aliphatic heterocycles. The van der Waals surface area contributed by atoms with Crippen LogP contribution in [0.2, 0.25) is 0 Å². The van der Waals surface area contributed by atoms with Crippen molar-refractivity contribution in [1.29, 1.82) is 0 Å². The van der Waals surface area contributed by atoms with Gasteiger partial charge in [-0.15, -0.1) is 0 Å². The number of benzene rings is 7. The largest absolute Gasteiger partial charge is 0.497 e. The molecule has 2 heterocycles. The Bertz CT molecular complexity index is 3680. The Hall–Kier alpha value is -6.72. The molecule has 62 heavy (non-hydrogen) atoms. The summed E-state index contributed by atoms with van der Waals surface area (Å²) in [5.74, 6) is 0.760. The van der Waals surface area contributed by atoms with Gasteiger partial charge in [-0.2, -0.15) is 0 Å². The number of aromatic nitrogens is 2. The predicted octanol–water partition coefficient (Wildman–Crippen LogP) is 8.57. The van der Waals surface area contributed by atoms with E-state index in [4.69, 9.17) is 9.47 Å². The summed E-state index contributed by atoms with van der Waals surface area (Å²) in [7, 11) is -16.2. The van der Waals surface area contributed by atoms with E-state index < -0.39 is 49.5 Å². The monoisotopic (exact) mass is 902 g/mol. The molecule has 0 aliphatic rings. The molecule has 0 atom stereocenters. The van der Waals surface area contributed by atoms with Gasteiger partial charge < -0.3 is 9.47 Å². The highest BCUT2D eigenvalue weighted by molar-refractivity contribution is 7.94. The van der Waals surface area contributed by atoms with Gasteiger partial charge in [0, 0.05) is 21.7 Å². The van der Waals surface area contributed by atoms with Crippen molar-refractivity contribution < 1.29 is 43.1 Å². The van der Waals surface area contributed by atoms with Crippen molar-refractivity contribution in [3.8, 4) is 22.8 Å². The van der Waals surface area contributed by atoms with Gasteiger partial charge in [0.05, 0.1) is 60.9 Å². The van der Waals surface area contributed by atoms with Crippen LogP contribution in [-0.4, -0.2) is 55.8 Å². The number of hydrogen-bond acceptors (Lipinski definition) is 10. The molecule has 0 unspecified atom stereocenters. The maximum atomic E-state index is 15.5. The summed E-state index contributed by atoms with van der Waals surface area (Å²) in [5, 5.41) is 0.524. The number of para-hydroxylation sites is 2.